The number of nitrogens with zero attached hydrogens (tertiary/aromatic N) is 1. The smallest absolute Gasteiger partial charge is 0.304 e. The average Bonchev–Trinajstić information content (AvgIpc) is 2.37. The van der Waals surface area contributed by atoms with Gasteiger partial charge in [-0.15, -0.1) is 0 Å². The number of nitro benzene ring substituents is 1. The van der Waals surface area contributed by atoms with E-state index in [2.05, 4.69) is 5.32 Å². The molecule has 3 N–H and O–H groups in total. The van der Waals surface area contributed by atoms with E-state index in [9.17, 15) is 14.9 Å². The maximum Gasteiger partial charge on any atom is 0.304 e. The lowest BCUT2D eigenvalue weighted by Crippen LogP contribution is -2.25. The van der Waals surface area contributed by atoms with Gasteiger partial charge in [-0.25, -0.2) is 0 Å². The van der Waals surface area contributed by atoms with Crippen LogP contribution >= 0.6 is 0 Å². The Bertz CT molecular complexity index is 462. The Morgan fingerprint density at radius 1 is 1.47 bits per heavy atom. The molecule has 7 heteroatoms. The van der Waals surface area contributed by atoms with Crippen LogP contribution in [-0.2, 0) is 4.74 Å². The highest BCUT2D eigenvalue weighted by Gasteiger charge is 2.22. The Labute approximate surface area is 110 Å². The molecule has 0 saturated carbocycles. The molecule has 0 atom stereocenters. The van der Waals surface area contributed by atoms with E-state index in [4.69, 9.17) is 10.5 Å². The second kappa shape index (κ2) is 7.32. The van der Waals surface area contributed by atoms with E-state index in [1.165, 1.54) is 18.2 Å². The first-order valence-electron chi connectivity index (χ1n) is 5.88. The maximum absolute atomic E-state index is 11.9. The molecule has 0 aliphatic carbocycles. The predicted molar refractivity (Wildman–Crippen MR) is 71.0 cm³/mol. The molecular weight excluding hydrogens is 250 g/mol. The number of nitrogens with two attached hydrogens (primary N) is 1. The summed E-state index contributed by atoms with van der Waals surface area (Å²) in [4.78, 5) is 22.1. The fourth-order valence-corrected chi connectivity index (χ4v) is 1.62. The Morgan fingerprint density at radius 2 is 2.21 bits per heavy atom. The van der Waals surface area contributed by atoms with Crippen LogP contribution in [-0.4, -0.2) is 31.1 Å². The standard InChI is InChI=1S/C12H17N3O4/c1-19-8-3-2-7-14-12(16)9-5-4-6-10(13)11(9)15(17)18/h4-6H,2-3,7-8,13H2,1H3,(H,14,16). The Hall–Kier alpha value is -2.15. The average molecular weight is 267 g/mol. The fraction of sp³-hybridized carbons (Fsp3) is 0.417. The maximum atomic E-state index is 11.9. The highest BCUT2D eigenvalue weighted by molar-refractivity contribution is 6.00. The zero-order valence-electron chi connectivity index (χ0n) is 10.7. The number of nitro groups is 1. The molecule has 104 valence electrons. The molecule has 1 aromatic rings. The Morgan fingerprint density at radius 3 is 2.84 bits per heavy atom. The normalized spacial score (nSPS) is 10.2. The van der Waals surface area contributed by atoms with Crippen LogP contribution in [0.15, 0.2) is 18.2 Å². The van der Waals surface area contributed by atoms with Gasteiger partial charge in [0.2, 0.25) is 0 Å². The van der Waals surface area contributed by atoms with Crippen LogP contribution in [0.1, 0.15) is 23.2 Å². The molecular formula is C12H17N3O4. The number of rotatable bonds is 7. The number of methoxy groups -OCH3 is 1. The van der Waals surface area contributed by atoms with Crippen LogP contribution in [0.3, 0.4) is 0 Å². The van der Waals surface area contributed by atoms with Crippen molar-refractivity contribution in [3.63, 3.8) is 0 Å². The van der Waals surface area contributed by atoms with Gasteiger partial charge < -0.3 is 15.8 Å². The Balaban J connectivity index is 2.67. The molecule has 0 fully saturated rings. The molecule has 0 aliphatic heterocycles. The third-order valence-electron chi connectivity index (χ3n) is 2.56. The number of carbonyl (C=O) groups is 1. The van der Waals surface area contributed by atoms with Crippen molar-refractivity contribution >= 4 is 17.3 Å². The number of nitrogens with one attached hydrogen (secondary N) is 1. The lowest BCUT2D eigenvalue weighted by Gasteiger charge is -2.06. The largest absolute Gasteiger partial charge is 0.393 e. The molecule has 0 saturated heterocycles. The van der Waals surface area contributed by atoms with Crippen molar-refractivity contribution in [2.24, 2.45) is 0 Å². The van der Waals surface area contributed by atoms with Crippen LogP contribution in [0.25, 0.3) is 0 Å². The topological polar surface area (TPSA) is 107 Å². The minimum atomic E-state index is -0.644. The van der Waals surface area contributed by atoms with E-state index in [1.54, 1.807) is 7.11 Å². The lowest BCUT2D eigenvalue weighted by molar-refractivity contribution is -0.384. The Kier molecular flexibility index (Phi) is 5.74. The number of amides is 1. The molecule has 19 heavy (non-hydrogen) atoms. The molecule has 1 amide bonds. The summed E-state index contributed by atoms with van der Waals surface area (Å²) in [6, 6.07) is 4.30. The van der Waals surface area contributed by atoms with Crippen LogP contribution in [0.4, 0.5) is 11.4 Å². The minimum absolute atomic E-state index is 0.0166. The molecule has 0 heterocycles. The van der Waals surface area contributed by atoms with Crippen molar-refractivity contribution in [2.75, 3.05) is 26.0 Å². The summed E-state index contributed by atoms with van der Waals surface area (Å²) in [5, 5.41) is 13.5. The summed E-state index contributed by atoms with van der Waals surface area (Å²) in [6.07, 6.45) is 1.56. The minimum Gasteiger partial charge on any atom is -0.393 e. The van der Waals surface area contributed by atoms with Gasteiger partial charge >= 0.3 is 5.69 Å². The van der Waals surface area contributed by atoms with Gasteiger partial charge in [0.25, 0.3) is 5.91 Å². The number of unbranched alkanes of at least 4 members (excludes halogenated alkanes) is 1. The summed E-state index contributed by atoms with van der Waals surface area (Å²) >= 11 is 0. The quantitative estimate of drug-likeness (QED) is 0.335. The van der Waals surface area contributed by atoms with E-state index < -0.39 is 10.8 Å². The first kappa shape index (κ1) is 14.9. The molecule has 0 aliphatic rings. The summed E-state index contributed by atoms with van der Waals surface area (Å²) in [5.74, 6) is -0.489. The number of hydrogen-bond acceptors (Lipinski definition) is 5. The monoisotopic (exact) mass is 267 g/mol. The van der Waals surface area contributed by atoms with Gasteiger partial charge in [0.15, 0.2) is 0 Å². The van der Waals surface area contributed by atoms with Gasteiger partial charge in [0.05, 0.1) is 4.92 Å². The zero-order chi connectivity index (χ0) is 14.3. The van der Waals surface area contributed by atoms with Gasteiger partial charge in [-0.2, -0.15) is 0 Å². The number of hydrogen-bond donors (Lipinski definition) is 2. The number of para-hydroxylation sites is 1. The summed E-state index contributed by atoms with van der Waals surface area (Å²) in [6.45, 7) is 1.06. The molecule has 0 aromatic heterocycles. The third-order valence-corrected chi connectivity index (χ3v) is 2.56. The van der Waals surface area contributed by atoms with Crippen molar-refractivity contribution in [1.82, 2.24) is 5.32 Å². The second-order valence-corrected chi connectivity index (χ2v) is 3.96. The third kappa shape index (κ3) is 4.22. The molecule has 0 bridgehead atoms. The summed E-state index contributed by atoms with van der Waals surface area (Å²) in [7, 11) is 1.61. The van der Waals surface area contributed by atoms with Crippen LogP contribution in [0.5, 0.6) is 0 Å². The van der Waals surface area contributed by atoms with E-state index >= 15 is 0 Å². The van der Waals surface area contributed by atoms with Crippen molar-refractivity contribution in [3.8, 4) is 0 Å². The molecule has 1 rings (SSSR count). The van der Waals surface area contributed by atoms with E-state index in [1.807, 2.05) is 0 Å². The summed E-state index contributed by atoms with van der Waals surface area (Å²) < 4.78 is 4.88. The van der Waals surface area contributed by atoms with Gasteiger partial charge in [0, 0.05) is 20.3 Å². The number of carbonyl (C=O) groups excluding carboxylic acids is 1. The van der Waals surface area contributed by atoms with Gasteiger partial charge in [0.1, 0.15) is 11.3 Å². The van der Waals surface area contributed by atoms with Crippen LogP contribution in [0.2, 0.25) is 0 Å². The number of ether oxygens (including phenoxy) is 1. The number of anilines is 1. The number of benzene rings is 1. The lowest BCUT2D eigenvalue weighted by atomic mass is 10.1. The number of nitrogen functional groups attached to an aromatic ring is 1. The summed E-state index contributed by atoms with van der Waals surface area (Å²) in [5.41, 5.74) is 5.13. The molecule has 0 radical (unpaired) electrons. The first-order chi connectivity index (χ1) is 9.07. The molecule has 0 unspecified atom stereocenters. The molecule has 0 spiro atoms. The fourth-order valence-electron chi connectivity index (χ4n) is 1.62. The van der Waals surface area contributed by atoms with Crippen LogP contribution in [0, 0.1) is 10.1 Å². The first-order valence-corrected chi connectivity index (χ1v) is 5.88. The van der Waals surface area contributed by atoms with Gasteiger partial charge in [-0.05, 0) is 25.0 Å². The van der Waals surface area contributed by atoms with Crippen LogP contribution < -0.4 is 11.1 Å². The van der Waals surface area contributed by atoms with Gasteiger partial charge in [-0.1, -0.05) is 6.07 Å². The molecule has 1 aromatic carbocycles. The van der Waals surface area contributed by atoms with Gasteiger partial charge in [-0.3, -0.25) is 14.9 Å². The van der Waals surface area contributed by atoms with E-state index in [-0.39, 0.29) is 16.9 Å². The second-order valence-electron chi connectivity index (χ2n) is 3.96. The van der Waals surface area contributed by atoms with Crippen molar-refractivity contribution in [1.29, 1.82) is 0 Å². The SMILES string of the molecule is COCCCCNC(=O)c1cccc(N)c1[N+](=O)[O-]. The zero-order valence-corrected chi connectivity index (χ0v) is 10.7. The highest BCUT2D eigenvalue weighted by Crippen LogP contribution is 2.25. The van der Waals surface area contributed by atoms with Crippen molar-refractivity contribution in [2.45, 2.75) is 12.8 Å². The van der Waals surface area contributed by atoms with E-state index in [0.717, 1.165) is 12.8 Å². The van der Waals surface area contributed by atoms with E-state index in [0.29, 0.717) is 13.2 Å². The van der Waals surface area contributed by atoms with Crippen molar-refractivity contribution < 1.29 is 14.5 Å². The van der Waals surface area contributed by atoms with Crippen molar-refractivity contribution in [3.05, 3.63) is 33.9 Å². The predicted octanol–water partition coefficient (Wildman–Crippen LogP) is 1.33. The highest BCUT2D eigenvalue weighted by atomic mass is 16.6. The molecule has 7 nitrogen and oxygen atoms in total.